The first-order valence-corrected chi connectivity index (χ1v) is 7.14. The lowest BCUT2D eigenvalue weighted by atomic mass is 10.0. The Balaban J connectivity index is 2.09. The van der Waals surface area contributed by atoms with Gasteiger partial charge in [-0.1, -0.05) is 44.2 Å². The minimum Gasteiger partial charge on any atom is -0.345 e. The summed E-state index contributed by atoms with van der Waals surface area (Å²) in [7, 11) is 0. The molecule has 0 spiro atoms. The van der Waals surface area contributed by atoms with Crippen molar-refractivity contribution < 1.29 is 9.18 Å². The minimum atomic E-state index is -0.372. The van der Waals surface area contributed by atoms with Crippen LogP contribution < -0.4 is 5.32 Å². The molecule has 2 rings (SSSR count). The van der Waals surface area contributed by atoms with Gasteiger partial charge in [0.1, 0.15) is 5.82 Å². The summed E-state index contributed by atoms with van der Waals surface area (Å²) in [6.45, 7) is 5.99. The number of amides is 1. The summed E-state index contributed by atoms with van der Waals surface area (Å²) in [6, 6.07) is 13.6. The highest BCUT2D eigenvalue weighted by atomic mass is 19.1. The highest BCUT2D eigenvalue weighted by Gasteiger charge is 2.14. The van der Waals surface area contributed by atoms with Crippen molar-refractivity contribution in [1.82, 2.24) is 5.32 Å². The summed E-state index contributed by atoms with van der Waals surface area (Å²) >= 11 is 0. The van der Waals surface area contributed by atoms with E-state index < -0.39 is 0 Å². The number of rotatable bonds is 4. The molecule has 0 radical (unpaired) electrons. The lowest BCUT2D eigenvalue weighted by molar-refractivity contribution is 0.0939. The van der Waals surface area contributed by atoms with Crippen LogP contribution in [-0.2, 0) is 0 Å². The maximum Gasteiger partial charge on any atom is 0.251 e. The number of nitrogens with one attached hydrogen (secondary N) is 1. The van der Waals surface area contributed by atoms with Gasteiger partial charge >= 0.3 is 0 Å². The fourth-order valence-electron chi connectivity index (χ4n) is 2.20. The summed E-state index contributed by atoms with van der Waals surface area (Å²) in [6.07, 6.45) is 0. The molecular formula is C18H20FNO. The van der Waals surface area contributed by atoms with Crippen LogP contribution in [0.25, 0.3) is 0 Å². The lowest BCUT2D eigenvalue weighted by Crippen LogP contribution is -2.27. The molecule has 1 atom stereocenters. The van der Waals surface area contributed by atoms with Crippen LogP contribution >= 0.6 is 0 Å². The molecule has 0 aliphatic rings. The quantitative estimate of drug-likeness (QED) is 0.884. The molecule has 1 amide bonds. The molecule has 0 aliphatic carbocycles. The van der Waals surface area contributed by atoms with E-state index in [9.17, 15) is 9.18 Å². The maximum atomic E-state index is 13.7. The van der Waals surface area contributed by atoms with Crippen molar-refractivity contribution >= 4 is 5.91 Å². The standard InChI is InChI=1S/C18H20FNO/c1-12(2)14-8-10-15(11-9-14)18(21)20-13(3)16-6-4-5-7-17(16)19/h4-13H,1-3H3,(H,20,21)/t13-/m1/s1. The van der Waals surface area contributed by atoms with Crippen LogP contribution in [0.15, 0.2) is 48.5 Å². The summed E-state index contributed by atoms with van der Waals surface area (Å²) in [5.74, 6) is -0.0686. The second-order valence-corrected chi connectivity index (χ2v) is 5.49. The highest BCUT2D eigenvalue weighted by molar-refractivity contribution is 5.94. The van der Waals surface area contributed by atoms with Crippen LogP contribution in [0.5, 0.6) is 0 Å². The fourth-order valence-corrected chi connectivity index (χ4v) is 2.20. The van der Waals surface area contributed by atoms with Crippen molar-refractivity contribution in [2.45, 2.75) is 32.7 Å². The van der Waals surface area contributed by atoms with Crippen molar-refractivity contribution in [2.75, 3.05) is 0 Å². The van der Waals surface area contributed by atoms with Gasteiger partial charge in [0.2, 0.25) is 0 Å². The average Bonchev–Trinajstić information content (AvgIpc) is 2.47. The molecule has 2 aromatic carbocycles. The summed E-state index contributed by atoms with van der Waals surface area (Å²) in [4.78, 5) is 12.2. The topological polar surface area (TPSA) is 29.1 Å². The molecule has 0 saturated carbocycles. The second kappa shape index (κ2) is 6.53. The van der Waals surface area contributed by atoms with Gasteiger partial charge in [-0.3, -0.25) is 4.79 Å². The van der Waals surface area contributed by atoms with E-state index in [1.54, 1.807) is 37.3 Å². The van der Waals surface area contributed by atoms with E-state index in [2.05, 4.69) is 19.2 Å². The molecule has 0 aromatic heterocycles. The SMILES string of the molecule is CC(C)c1ccc(C(=O)N[C@H](C)c2ccccc2F)cc1. The number of benzene rings is 2. The average molecular weight is 285 g/mol. The Morgan fingerprint density at radius 2 is 1.62 bits per heavy atom. The van der Waals surface area contributed by atoms with E-state index in [-0.39, 0.29) is 17.8 Å². The van der Waals surface area contributed by atoms with E-state index in [1.165, 1.54) is 11.6 Å². The molecule has 0 fully saturated rings. The lowest BCUT2D eigenvalue weighted by Gasteiger charge is -2.15. The van der Waals surface area contributed by atoms with Crippen LogP contribution in [0.1, 0.15) is 54.2 Å². The smallest absolute Gasteiger partial charge is 0.251 e. The third-order valence-corrected chi connectivity index (χ3v) is 3.56. The van der Waals surface area contributed by atoms with Crippen LogP contribution in [-0.4, -0.2) is 5.91 Å². The van der Waals surface area contributed by atoms with Gasteiger partial charge in [-0.25, -0.2) is 4.39 Å². The zero-order valence-corrected chi connectivity index (χ0v) is 12.6. The van der Waals surface area contributed by atoms with E-state index in [0.29, 0.717) is 17.0 Å². The molecule has 3 heteroatoms. The van der Waals surface area contributed by atoms with Gasteiger partial charge in [-0.15, -0.1) is 0 Å². The molecule has 0 heterocycles. The van der Waals surface area contributed by atoms with Gasteiger partial charge in [0.15, 0.2) is 0 Å². The molecule has 0 unspecified atom stereocenters. The Morgan fingerprint density at radius 3 is 2.19 bits per heavy atom. The Morgan fingerprint density at radius 1 is 1.00 bits per heavy atom. The number of hydrogen-bond donors (Lipinski definition) is 1. The van der Waals surface area contributed by atoms with Gasteiger partial charge in [-0.2, -0.15) is 0 Å². The zero-order valence-electron chi connectivity index (χ0n) is 12.6. The summed E-state index contributed by atoms with van der Waals surface area (Å²) in [5, 5.41) is 2.82. The van der Waals surface area contributed by atoms with E-state index in [0.717, 1.165) is 0 Å². The second-order valence-electron chi connectivity index (χ2n) is 5.49. The van der Waals surface area contributed by atoms with Crippen LogP contribution in [0.3, 0.4) is 0 Å². The zero-order chi connectivity index (χ0) is 15.4. The predicted octanol–water partition coefficient (Wildman–Crippen LogP) is 4.44. The van der Waals surface area contributed by atoms with Gasteiger partial charge in [0.25, 0.3) is 5.91 Å². The van der Waals surface area contributed by atoms with E-state index >= 15 is 0 Å². The number of carbonyl (C=O) groups excluding carboxylic acids is 1. The molecule has 0 saturated heterocycles. The molecule has 21 heavy (non-hydrogen) atoms. The normalized spacial score (nSPS) is 12.2. The van der Waals surface area contributed by atoms with Gasteiger partial charge in [-0.05, 0) is 36.6 Å². The van der Waals surface area contributed by atoms with Gasteiger partial charge in [0, 0.05) is 11.1 Å². The first-order chi connectivity index (χ1) is 9.99. The molecule has 2 nitrogen and oxygen atoms in total. The van der Waals surface area contributed by atoms with Crippen LogP contribution in [0, 0.1) is 5.82 Å². The minimum absolute atomic E-state index is 0.193. The Kier molecular flexibility index (Phi) is 4.73. The van der Waals surface area contributed by atoms with Crippen LogP contribution in [0.2, 0.25) is 0 Å². The largest absolute Gasteiger partial charge is 0.345 e. The van der Waals surface area contributed by atoms with Gasteiger partial charge in [0.05, 0.1) is 6.04 Å². The number of hydrogen-bond acceptors (Lipinski definition) is 1. The van der Waals surface area contributed by atoms with Crippen molar-refractivity contribution in [2.24, 2.45) is 0 Å². The Hall–Kier alpha value is -2.16. The highest BCUT2D eigenvalue weighted by Crippen LogP contribution is 2.18. The predicted molar refractivity (Wildman–Crippen MR) is 82.8 cm³/mol. The van der Waals surface area contributed by atoms with Crippen molar-refractivity contribution in [3.8, 4) is 0 Å². The summed E-state index contributed by atoms with van der Waals surface area (Å²) in [5.41, 5.74) is 2.26. The molecule has 110 valence electrons. The first kappa shape index (κ1) is 15.2. The van der Waals surface area contributed by atoms with Crippen molar-refractivity contribution in [1.29, 1.82) is 0 Å². The third-order valence-electron chi connectivity index (χ3n) is 3.56. The third kappa shape index (κ3) is 3.69. The Bertz CT molecular complexity index is 619. The Labute approximate surface area is 125 Å². The molecular weight excluding hydrogens is 265 g/mol. The molecule has 0 bridgehead atoms. The number of carbonyl (C=O) groups is 1. The maximum absolute atomic E-state index is 13.7. The summed E-state index contributed by atoms with van der Waals surface area (Å²) < 4.78 is 13.7. The molecule has 2 aromatic rings. The monoisotopic (exact) mass is 285 g/mol. The first-order valence-electron chi connectivity index (χ1n) is 7.14. The van der Waals surface area contributed by atoms with E-state index in [4.69, 9.17) is 0 Å². The van der Waals surface area contributed by atoms with Crippen LogP contribution in [0.4, 0.5) is 4.39 Å². The number of halogens is 1. The molecule has 1 N–H and O–H groups in total. The molecule has 0 aliphatic heterocycles. The van der Waals surface area contributed by atoms with Crippen molar-refractivity contribution in [3.05, 3.63) is 71.0 Å². The van der Waals surface area contributed by atoms with Crippen molar-refractivity contribution in [3.63, 3.8) is 0 Å². The fraction of sp³-hybridized carbons (Fsp3) is 0.278. The van der Waals surface area contributed by atoms with E-state index in [1.807, 2.05) is 12.1 Å². The van der Waals surface area contributed by atoms with Gasteiger partial charge < -0.3 is 5.32 Å².